The Hall–Kier alpha value is -1.66. The van der Waals surface area contributed by atoms with Crippen molar-refractivity contribution in [3.63, 3.8) is 0 Å². The molecule has 2 heterocycles. The third-order valence-corrected chi connectivity index (χ3v) is 5.40. The number of aromatic nitrogens is 1. The van der Waals surface area contributed by atoms with Gasteiger partial charge in [-0.3, -0.25) is 9.88 Å². The van der Waals surface area contributed by atoms with Crippen LogP contribution in [0.15, 0.2) is 24.5 Å². The smallest absolute Gasteiger partial charge is 0.315 e. The Kier molecular flexibility index (Phi) is 6.64. The average molecular weight is 346 g/mol. The van der Waals surface area contributed by atoms with Gasteiger partial charge >= 0.3 is 6.03 Å². The fourth-order valence-corrected chi connectivity index (χ4v) is 3.94. The summed E-state index contributed by atoms with van der Waals surface area (Å²) in [5.41, 5.74) is 1.27. The molecular formula is C19H30N4O2. The highest BCUT2D eigenvalue weighted by Crippen LogP contribution is 2.36. The predicted molar refractivity (Wildman–Crippen MR) is 97.3 cm³/mol. The molecule has 1 aromatic heterocycles. The van der Waals surface area contributed by atoms with Crippen molar-refractivity contribution >= 4 is 6.03 Å². The van der Waals surface area contributed by atoms with Crippen molar-refractivity contribution in [1.82, 2.24) is 20.5 Å². The zero-order valence-corrected chi connectivity index (χ0v) is 15.0. The average Bonchev–Trinajstić information content (AvgIpc) is 2.67. The van der Waals surface area contributed by atoms with Gasteiger partial charge in [-0.25, -0.2) is 4.79 Å². The van der Waals surface area contributed by atoms with Crippen LogP contribution in [0.1, 0.15) is 37.7 Å². The molecule has 2 fully saturated rings. The molecule has 6 nitrogen and oxygen atoms in total. The van der Waals surface area contributed by atoms with E-state index in [-0.39, 0.29) is 11.4 Å². The molecule has 0 radical (unpaired) electrons. The van der Waals surface area contributed by atoms with Crippen molar-refractivity contribution in [3.05, 3.63) is 30.1 Å². The quantitative estimate of drug-likeness (QED) is 0.828. The van der Waals surface area contributed by atoms with Gasteiger partial charge in [-0.15, -0.1) is 0 Å². The molecule has 138 valence electrons. The summed E-state index contributed by atoms with van der Waals surface area (Å²) in [6, 6.07) is 3.76. The number of rotatable bonds is 6. The van der Waals surface area contributed by atoms with Crippen molar-refractivity contribution in [2.75, 3.05) is 39.4 Å². The van der Waals surface area contributed by atoms with Crippen molar-refractivity contribution in [3.8, 4) is 0 Å². The molecule has 3 rings (SSSR count). The van der Waals surface area contributed by atoms with Crippen LogP contribution in [0.2, 0.25) is 0 Å². The first-order chi connectivity index (χ1) is 12.3. The van der Waals surface area contributed by atoms with Gasteiger partial charge in [0.05, 0.1) is 13.2 Å². The van der Waals surface area contributed by atoms with E-state index in [1.807, 2.05) is 12.1 Å². The van der Waals surface area contributed by atoms with Crippen LogP contribution in [-0.2, 0) is 11.3 Å². The van der Waals surface area contributed by atoms with Gasteiger partial charge in [-0.05, 0) is 30.5 Å². The maximum Gasteiger partial charge on any atom is 0.315 e. The number of morpholine rings is 1. The fraction of sp³-hybridized carbons (Fsp3) is 0.684. The SMILES string of the molecule is O=C(NCc1ccncc1)NCC1(CN2CCOCC2)CCCCC1. The lowest BCUT2D eigenvalue weighted by Crippen LogP contribution is -2.50. The summed E-state index contributed by atoms with van der Waals surface area (Å²) in [6.45, 7) is 6.04. The number of carbonyl (C=O) groups is 1. The lowest BCUT2D eigenvalue weighted by Gasteiger charge is -2.42. The van der Waals surface area contributed by atoms with Gasteiger partial charge in [-0.2, -0.15) is 0 Å². The largest absolute Gasteiger partial charge is 0.379 e. The molecule has 0 aromatic carbocycles. The number of hydrogen-bond donors (Lipinski definition) is 2. The molecule has 0 atom stereocenters. The minimum Gasteiger partial charge on any atom is -0.379 e. The van der Waals surface area contributed by atoms with E-state index >= 15 is 0 Å². The molecule has 1 saturated heterocycles. The zero-order valence-electron chi connectivity index (χ0n) is 15.0. The van der Waals surface area contributed by atoms with E-state index in [2.05, 4.69) is 20.5 Å². The Morgan fingerprint density at radius 3 is 2.56 bits per heavy atom. The lowest BCUT2D eigenvalue weighted by molar-refractivity contribution is 0.00783. The van der Waals surface area contributed by atoms with Gasteiger partial charge in [0.15, 0.2) is 0 Å². The highest BCUT2D eigenvalue weighted by atomic mass is 16.5. The van der Waals surface area contributed by atoms with Gasteiger partial charge in [-0.1, -0.05) is 19.3 Å². The summed E-state index contributed by atoms with van der Waals surface area (Å²) in [4.78, 5) is 18.7. The first-order valence-electron chi connectivity index (χ1n) is 9.47. The van der Waals surface area contributed by atoms with E-state index in [4.69, 9.17) is 4.74 Å². The van der Waals surface area contributed by atoms with Crippen molar-refractivity contribution < 1.29 is 9.53 Å². The van der Waals surface area contributed by atoms with Crippen LogP contribution in [0, 0.1) is 5.41 Å². The lowest BCUT2D eigenvalue weighted by atomic mass is 9.73. The minimum absolute atomic E-state index is 0.0799. The number of ether oxygens (including phenoxy) is 1. The Morgan fingerprint density at radius 2 is 1.84 bits per heavy atom. The van der Waals surface area contributed by atoms with Crippen molar-refractivity contribution in [2.45, 2.75) is 38.6 Å². The Labute approximate surface area is 150 Å². The number of hydrogen-bond acceptors (Lipinski definition) is 4. The first kappa shape index (κ1) is 18.1. The highest BCUT2D eigenvalue weighted by Gasteiger charge is 2.34. The van der Waals surface area contributed by atoms with Crippen LogP contribution in [0.5, 0.6) is 0 Å². The zero-order chi connectivity index (χ0) is 17.4. The summed E-state index contributed by atoms with van der Waals surface area (Å²) >= 11 is 0. The van der Waals surface area contributed by atoms with Crippen molar-refractivity contribution in [1.29, 1.82) is 0 Å². The van der Waals surface area contributed by atoms with Crippen LogP contribution >= 0.6 is 0 Å². The van der Waals surface area contributed by atoms with Crippen LogP contribution in [0.3, 0.4) is 0 Å². The number of urea groups is 1. The number of amides is 2. The van der Waals surface area contributed by atoms with Gasteiger partial charge in [0.25, 0.3) is 0 Å². The first-order valence-corrected chi connectivity index (χ1v) is 9.47. The molecule has 0 spiro atoms. The number of nitrogens with zero attached hydrogens (tertiary/aromatic N) is 2. The van der Waals surface area contributed by atoms with E-state index in [9.17, 15) is 4.79 Å². The second kappa shape index (κ2) is 9.15. The van der Waals surface area contributed by atoms with Gasteiger partial charge in [0.1, 0.15) is 0 Å². The van der Waals surface area contributed by atoms with E-state index in [1.54, 1.807) is 12.4 Å². The number of pyridine rings is 1. The molecule has 1 aromatic rings. The molecule has 6 heteroatoms. The monoisotopic (exact) mass is 346 g/mol. The molecule has 2 aliphatic rings. The molecule has 2 N–H and O–H groups in total. The molecule has 0 bridgehead atoms. The Bertz CT molecular complexity index is 525. The standard InChI is InChI=1S/C19H30N4O2/c24-18(21-14-17-4-8-20-9-5-17)22-15-19(6-2-1-3-7-19)16-23-10-12-25-13-11-23/h4-5,8-9H,1-3,6-7,10-16H2,(H2,21,22,24). The van der Waals surface area contributed by atoms with E-state index < -0.39 is 0 Å². The molecule has 1 saturated carbocycles. The highest BCUT2D eigenvalue weighted by molar-refractivity contribution is 5.73. The van der Waals surface area contributed by atoms with E-state index in [1.165, 1.54) is 32.1 Å². The molecule has 25 heavy (non-hydrogen) atoms. The summed E-state index contributed by atoms with van der Waals surface area (Å²) in [5.74, 6) is 0. The second-order valence-electron chi connectivity index (χ2n) is 7.34. The second-order valence-corrected chi connectivity index (χ2v) is 7.34. The third kappa shape index (κ3) is 5.68. The van der Waals surface area contributed by atoms with Gasteiger partial charge in [0, 0.05) is 50.5 Å². The van der Waals surface area contributed by atoms with Gasteiger partial charge < -0.3 is 15.4 Å². The minimum atomic E-state index is -0.0799. The number of nitrogens with one attached hydrogen (secondary N) is 2. The summed E-state index contributed by atoms with van der Waals surface area (Å²) in [5, 5.41) is 6.08. The molecule has 2 amide bonds. The molecular weight excluding hydrogens is 316 g/mol. The Morgan fingerprint density at radius 1 is 1.12 bits per heavy atom. The van der Waals surface area contributed by atoms with E-state index in [0.29, 0.717) is 6.54 Å². The summed E-state index contributed by atoms with van der Waals surface area (Å²) in [6.07, 6.45) is 9.75. The van der Waals surface area contributed by atoms with Crippen LogP contribution < -0.4 is 10.6 Å². The normalized spacial score (nSPS) is 20.8. The maximum atomic E-state index is 12.2. The molecule has 1 aliphatic carbocycles. The predicted octanol–water partition coefficient (Wildman–Crippen LogP) is 2.16. The molecule has 0 unspecified atom stereocenters. The third-order valence-electron chi connectivity index (χ3n) is 5.40. The molecule has 1 aliphatic heterocycles. The summed E-state index contributed by atoms with van der Waals surface area (Å²) in [7, 11) is 0. The number of carbonyl (C=O) groups excluding carboxylic acids is 1. The van der Waals surface area contributed by atoms with Crippen LogP contribution in [0.25, 0.3) is 0 Å². The van der Waals surface area contributed by atoms with Crippen molar-refractivity contribution in [2.24, 2.45) is 5.41 Å². The van der Waals surface area contributed by atoms with Crippen LogP contribution in [0.4, 0.5) is 4.79 Å². The summed E-state index contributed by atoms with van der Waals surface area (Å²) < 4.78 is 5.47. The Balaban J connectivity index is 1.48. The maximum absolute atomic E-state index is 12.2. The van der Waals surface area contributed by atoms with Crippen LogP contribution in [-0.4, -0.2) is 55.3 Å². The van der Waals surface area contributed by atoms with Gasteiger partial charge in [0.2, 0.25) is 0 Å². The van der Waals surface area contributed by atoms with E-state index in [0.717, 1.165) is 45.0 Å². The fourth-order valence-electron chi connectivity index (χ4n) is 3.94. The topological polar surface area (TPSA) is 66.5 Å².